The fourth-order valence-electron chi connectivity index (χ4n) is 3.93. The monoisotopic (exact) mass is 463 g/mol. The Kier molecular flexibility index (Phi) is 5.17. The highest BCUT2D eigenvalue weighted by Crippen LogP contribution is 2.40. The van der Waals surface area contributed by atoms with Crippen LogP contribution in [0, 0.1) is 5.82 Å². The summed E-state index contributed by atoms with van der Waals surface area (Å²) in [5, 5.41) is 2.20. The molecule has 166 valence electrons. The highest BCUT2D eigenvalue weighted by molar-refractivity contribution is 8.00. The molecule has 2 unspecified atom stereocenters. The molecular weight excluding hydrogens is 437 g/mol. The van der Waals surface area contributed by atoms with E-state index in [1.807, 2.05) is 11.9 Å². The Labute approximate surface area is 186 Å². The van der Waals surface area contributed by atoms with Crippen LogP contribution in [-0.4, -0.2) is 29.8 Å². The maximum Gasteiger partial charge on any atom is 0.240 e. The molecule has 2 atom stereocenters. The number of hydrogen-bond acceptors (Lipinski definition) is 7. The van der Waals surface area contributed by atoms with Gasteiger partial charge in [-0.3, -0.25) is 10.4 Å². The Balaban J connectivity index is 1.46. The standard InChI is InChI=1S/C21H26FN5O2S2/c1-13-23-24-20(30-13)27-19-12-16(31(28,29)26-21(2)9-10-21)7-8-17(19)18(25-27)11-14-3-5-15(22)6-4-14/h3-7,12-13,20,23-26H,8-11H2,1-2H3. The molecule has 1 saturated heterocycles. The summed E-state index contributed by atoms with van der Waals surface area (Å²) in [6, 6.07) is 6.47. The maximum absolute atomic E-state index is 13.3. The molecule has 2 heterocycles. The predicted molar refractivity (Wildman–Crippen MR) is 120 cm³/mol. The minimum atomic E-state index is -3.58. The summed E-state index contributed by atoms with van der Waals surface area (Å²) in [5.74, 6) is -0.262. The first-order chi connectivity index (χ1) is 14.7. The molecule has 31 heavy (non-hydrogen) atoms. The van der Waals surface area contributed by atoms with E-state index in [0.717, 1.165) is 35.4 Å². The van der Waals surface area contributed by atoms with Crippen molar-refractivity contribution in [1.82, 2.24) is 26.0 Å². The smallest absolute Gasteiger partial charge is 0.240 e. The first-order valence-corrected chi connectivity index (χ1v) is 12.8. The van der Waals surface area contributed by atoms with Gasteiger partial charge in [0.25, 0.3) is 0 Å². The molecule has 0 amide bonds. The molecule has 10 heteroatoms. The molecule has 0 bridgehead atoms. The molecule has 2 fully saturated rings. The van der Waals surface area contributed by atoms with E-state index >= 15 is 0 Å². The molecule has 0 aromatic heterocycles. The van der Waals surface area contributed by atoms with Gasteiger partial charge in [0, 0.05) is 23.2 Å². The van der Waals surface area contributed by atoms with E-state index in [1.54, 1.807) is 36.0 Å². The number of sulfonamides is 1. The van der Waals surface area contributed by atoms with Crippen molar-refractivity contribution in [2.75, 3.05) is 0 Å². The van der Waals surface area contributed by atoms with Crippen molar-refractivity contribution in [3.63, 3.8) is 0 Å². The van der Waals surface area contributed by atoms with Crippen LogP contribution in [0.15, 0.2) is 58.3 Å². The minimum Gasteiger partial charge on any atom is -0.299 e. The molecule has 1 aromatic rings. The second kappa shape index (κ2) is 7.63. The van der Waals surface area contributed by atoms with Gasteiger partial charge in [0.1, 0.15) is 5.82 Å². The van der Waals surface area contributed by atoms with Crippen molar-refractivity contribution >= 4 is 21.8 Å². The number of hydrogen-bond donors (Lipinski definition) is 4. The van der Waals surface area contributed by atoms with Gasteiger partial charge in [-0.15, -0.1) is 0 Å². The zero-order chi connectivity index (χ0) is 21.8. The fraction of sp³-hybridized carbons (Fsp3) is 0.429. The lowest BCUT2D eigenvalue weighted by molar-refractivity contribution is 0.243. The first-order valence-electron chi connectivity index (χ1n) is 10.4. The SMILES string of the molecule is CC1NNC(N2NC(Cc3ccc(F)cc3)=C3CC=C(S(=O)(=O)NC4(C)CC4)C=C32)S1. The van der Waals surface area contributed by atoms with E-state index in [2.05, 4.69) is 27.9 Å². The van der Waals surface area contributed by atoms with E-state index in [-0.39, 0.29) is 22.2 Å². The highest BCUT2D eigenvalue weighted by atomic mass is 32.2. The second-order valence-electron chi connectivity index (χ2n) is 8.67. The maximum atomic E-state index is 13.3. The fourth-order valence-corrected chi connectivity index (χ4v) is 6.41. The average molecular weight is 464 g/mol. The molecular formula is C21H26FN5O2S2. The molecule has 4 N–H and O–H groups in total. The van der Waals surface area contributed by atoms with Crippen LogP contribution in [0.1, 0.15) is 38.7 Å². The molecule has 0 radical (unpaired) electrons. The van der Waals surface area contributed by atoms with Crippen LogP contribution in [0.25, 0.3) is 0 Å². The number of nitrogens with zero attached hydrogens (tertiary/aromatic N) is 1. The van der Waals surface area contributed by atoms with E-state index < -0.39 is 10.0 Å². The van der Waals surface area contributed by atoms with E-state index in [1.165, 1.54) is 12.1 Å². The van der Waals surface area contributed by atoms with Gasteiger partial charge < -0.3 is 0 Å². The quantitative estimate of drug-likeness (QED) is 0.516. The third-order valence-electron chi connectivity index (χ3n) is 5.94. The first kappa shape index (κ1) is 21.0. The largest absolute Gasteiger partial charge is 0.299 e. The van der Waals surface area contributed by atoms with Crippen molar-refractivity contribution in [2.24, 2.45) is 0 Å². The zero-order valence-electron chi connectivity index (χ0n) is 17.4. The Morgan fingerprint density at radius 1 is 1.26 bits per heavy atom. The number of fused-ring (bicyclic) bond motifs is 1. The molecule has 1 saturated carbocycles. The van der Waals surface area contributed by atoms with Crippen LogP contribution in [0.4, 0.5) is 4.39 Å². The summed E-state index contributed by atoms with van der Waals surface area (Å²) >= 11 is 1.70. The lowest BCUT2D eigenvalue weighted by Gasteiger charge is -2.29. The summed E-state index contributed by atoms with van der Waals surface area (Å²) in [7, 11) is -3.58. The summed E-state index contributed by atoms with van der Waals surface area (Å²) in [4.78, 5) is 0.304. The summed E-state index contributed by atoms with van der Waals surface area (Å²) < 4.78 is 42.1. The number of rotatable bonds is 6. The van der Waals surface area contributed by atoms with Gasteiger partial charge in [-0.1, -0.05) is 30.0 Å². The number of nitrogens with one attached hydrogen (secondary N) is 4. The Morgan fingerprint density at radius 3 is 2.65 bits per heavy atom. The van der Waals surface area contributed by atoms with Crippen LogP contribution in [-0.2, 0) is 16.4 Å². The third-order valence-corrected chi connectivity index (χ3v) is 8.72. The van der Waals surface area contributed by atoms with Crippen molar-refractivity contribution in [3.8, 4) is 0 Å². The van der Waals surface area contributed by atoms with Crippen molar-refractivity contribution in [1.29, 1.82) is 0 Å². The molecule has 4 aliphatic rings. The normalized spacial score (nSPS) is 27.0. The third kappa shape index (κ3) is 4.27. The van der Waals surface area contributed by atoms with Gasteiger partial charge in [0.05, 0.1) is 16.0 Å². The molecule has 2 aliphatic heterocycles. The van der Waals surface area contributed by atoms with Crippen LogP contribution < -0.4 is 21.0 Å². The van der Waals surface area contributed by atoms with Crippen LogP contribution in [0.2, 0.25) is 0 Å². The Morgan fingerprint density at radius 2 is 2.00 bits per heavy atom. The van der Waals surface area contributed by atoms with Gasteiger partial charge >= 0.3 is 0 Å². The lowest BCUT2D eigenvalue weighted by atomic mass is 9.99. The van der Waals surface area contributed by atoms with Gasteiger partial charge in [0.2, 0.25) is 10.0 Å². The number of allylic oxidation sites excluding steroid dienone is 4. The Bertz CT molecular complexity index is 1090. The number of halogens is 1. The molecule has 1 aromatic carbocycles. The summed E-state index contributed by atoms with van der Waals surface area (Å²) in [5.41, 5.74) is 13.4. The predicted octanol–water partition coefficient (Wildman–Crippen LogP) is 2.56. The zero-order valence-corrected chi connectivity index (χ0v) is 19.0. The number of hydrazine groups is 2. The summed E-state index contributed by atoms with van der Waals surface area (Å²) in [6.45, 7) is 4.00. The summed E-state index contributed by atoms with van der Waals surface area (Å²) in [6.07, 6.45) is 6.38. The Hall–Kier alpha value is -1.85. The van der Waals surface area contributed by atoms with Crippen LogP contribution >= 0.6 is 11.8 Å². The molecule has 5 rings (SSSR count). The van der Waals surface area contributed by atoms with Gasteiger partial charge in [-0.25, -0.2) is 28.4 Å². The molecule has 7 nitrogen and oxygen atoms in total. The van der Waals surface area contributed by atoms with E-state index in [0.29, 0.717) is 17.7 Å². The van der Waals surface area contributed by atoms with Gasteiger partial charge in [-0.2, -0.15) is 0 Å². The van der Waals surface area contributed by atoms with E-state index in [9.17, 15) is 12.8 Å². The van der Waals surface area contributed by atoms with Crippen LogP contribution in [0.5, 0.6) is 0 Å². The topological polar surface area (TPSA) is 85.5 Å². The highest BCUT2D eigenvalue weighted by Gasteiger charge is 2.43. The van der Waals surface area contributed by atoms with Gasteiger partial charge in [0.15, 0.2) is 5.50 Å². The second-order valence-corrected chi connectivity index (χ2v) is 11.8. The van der Waals surface area contributed by atoms with Crippen molar-refractivity contribution in [2.45, 2.75) is 55.9 Å². The average Bonchev–Trinajstić information content (AvgIpc) is 3.12. The van der Waals surface area contributed by atoms with Crippen molar-refractivity contribution < 1.29 is 12.8 Å². The van der Waals surface area contributed by atoms with Gasteiger partial charge in [-0.05, 0) is 56.9 Å². The number of benzene rings is 1. The number of thioether (sulfide) groups is 1. The minimum absolute atomic E-state index is 0.0991. The van der Waals surface area contributed by atoms with Crippen molar-refractivity contribution in [3.05, 3.63) is 69.7 Å². The lowest BCUT2D eigenvalue weighted by Crippen LogP contribution is -2.47. The molecule has 0 spiro atoms. The van der Waals surface area contributed by atoms with E-state index in [4.69, 9.17) is 0 Å². The molecule has 2 aliphatic carbocycles. The van der Waals surface area contributed by atoms with Crippen LogP contribution in [0.3, 0.4) is 0 Å².